The molecule has 102 valence electrons. The van der Waals surface area contributed by atoms with Crippen LogP contribution in [0.3, 0.4) is 0 Å². The molecule has 17 heavy (non-hydrogen) atoms. The summed E-state index contributed by atoms with van der Waals surface area (Å²) in [6.45, 7) is 9.96. The second-order valence-corrected chi connectivity index (χ2v) is 5.48. The highest BCUT2D eigenvalue weighted by molar-refractivity contribution is 4.65. The number of rotatable bonds is 9. The summed E-state index contributed by atoms with van der Waals surface area (Å²) in [6, 6.07) is 0. The van der Waals surface area contributed by atoms with E-state index in [1.807, 2.05) is 0 Å². The van der Waals surface area contributed by atoms with Crippen LogP contribution in [0.5, 0.6) is 0 Å². The molecule has 1 atom stereocenters. The van der Waals surface area contributed by atoms with E-state index in [1.54, 1.807) is 0 Å². The predicted octanol–water partition coefficient (Wildman–Crippen LogP) is 2.17. The maximum Gasteiger partial charge on any atom is 0.0587 e. The summed E-state index contributed by atoms with van der Waals surface area (Å²) in [6.07, 6.45) is 6.79. The molecule has 0 bridgehead atoms. The number of ether oxygens (including phenoxy) is 1. The Morgan fingerprint density at radius 1 is 1.12 bits per heavy atom. The van der Waals surface area contributed by atoms with Crippen LogP contribution >= 0.6 is 0 Å². The van der Waals surface area contributed by atoms with E-state index < -0.39 is 0 Å². The smallest absolute Gasteiger partial charge is 0.0587 e. The van der Waals surface area contributed by atoms with Crippen molar-refractivity contribution in [3.63, 3.8) is 0 Å². The number of hydrogen-bond donors (Lipinski definition) is 2. The van der Waals surface area contributed by atoms with Crippen molar-refractivity contribution in [1.29, 1.82) is 0 Å². The minimum Gasteiger partial charge on any atom is -0.378 e. The highest BCUT2D eigenvalue weighted by atomic mass is 16.5. The van der Waals surface area contributed by atoms with Gasteiger partial charge in [-0.25, -0.2) is 0 Å². The third-order valence-corrected chi connectivity index (χ3v) is 3.18. The van der Waals surface area contributed by atoms with E-state index in [0.717, 1.165) is 38.7 Å². The topological polar surface area (TPSA) is 33.3 Å². The fraction of sp³-hybridized carbons (Fsp3) is 1.00. The molecule has 0 spiro atoms. The maximum atomic E-state index is 5.70. The summed E-state index contributed by atoms with van der Waals surface area (Å²) in [5, 5.41) is 6.96. The van der Waals surface area contributed by atoms with E-state index >= 15 is 0 Å². The Labute approximate surface area is 107 Å². The Hall–Kier alpha value is -0.120. The van der Waals surface area contributed by atoms with Gasteiger partial charge < -0.3 is 15.4 Å². The SMILES string of the molecule is CC(C)CNCCCNCCC1CCCCO1. The molecule has 1 fully saturated rings. The van der Waals surface area contributed by atoms with Gasteiger partial charge in [0.2, 0.25) is 0 Å². The lowest BCUT2D eigenvalue weighted by Crippen LogP contribution is -2.28. The molecule has 0 aliphatic carbocycles. The molecule has 1 rings (SSSR count). The van der Waals surface area contributed by atoms with E-state index in [4.69, 9.17) is 4.74 Å². The van der Waals surface area contributed by atoms with Crippen LogP contribution < -0.4 is 10.6 Å². The van der Waals surface area contributed by atoms with Gasteiger partial charge in [0.1, 0.15) is 0 Å². The second-order valence-electron chi connectivity index (χ2n) is 5.48. The van der Waals surface area contributed by atoms with Gasteiger partial charge in [-0.1, -0.05) is 13.8 Å². The maximum absolute atomic E-state index is 5.70. The van der Waals surface area contributed by atoms with E-state index in [9.17, 15) is 0 Å². The van der Waals surface area contributed by atoms with Gasteiger partial charge in [0, 0.05) is 6.61 Å². The van der Waals surface area contributed by atoms with E-state index in [0.29, 0.717) is 6.10 Å². The van der Waals surface area contributed by atoms with E-state index in [2.05, 4.69) is 24.5 Å². The molecule has 1 unspecified atom stereocenters. The first kappa shape index (κ1) is 14.9. The van der Waals surface area contributed by atoms with Crippen LogP contribution in [-0.2, 0) is 4.74 Å². The summed E-state index contributed by atoms with van der Waals surface area (Å²) in [5.74, 6) is 0.756. The van der Waals surface area contributed by atoms with Gasteiger partial charge in [0.15, 0.2) is 0 Å². The zero-order chi connectivity index (χ0) is 12.3. The van der Waals surface area contributed by atoms with Crippen molar-refractivity contribution in [1.82, 2.24) is 10.6 Å². The van der Waals surface area contributed by atoms with E-state index in [-0.39, 0.29) is 0 Å². The Kier molecular flexibility index (Phi) is 8.67. The molecule has 3 nitrogen and oxygen atoms in total. The third-order valence-electron chi connectivity index (χ3n) is 3.18. The standard InChI is InChI=1S/C14H30N2O/c1-13(2)12-16-9-5-8-15-10-7-14-6-3-4-11-17-14/h13-16H,3-12H2,1-2H3. The molecule has 2 N–H and O–H groups in total. The summed E-state index contributed by atoms with van der Waals surface area (Å²) in [5.41, 5.74) is 0. The van der Waals surface area contributed by atoms with Crippen molar-refractivity contribution in [2.45, 2.75) is 52.1 Å². The molecule has 1 saturated heterocycles. The molecule has 3 heteroatoms. The molecule has 0 aromatic rings. The Morgan fingerprint density at radius 2 is 1.94 bits per heavy atom. The van der Waals surface area contributed by atoms with Crippen molar-refractivity contribution >= 4 is 0 Å². The summed E-state index contributed by atoms with van der Waals surface area (Å²) in [7, 11) is 0. The van der Waals surface area contributed by atoms with Gasteiger partial charge in [-0.15, -0.1) is 0 Å². The van der Waals surface area contributed by atoms with Crippen LogP contribution in [0.1, 0.15) is 46.0 Å². The molecule has 0 aromatic heterocycles. The summed E-state index contributed by atoms with van der Waals surface area (Å²) < 4.78 is 5.70. The zero-order valence-corrected chi connectivity index (χ0v) is 11.6. The summed E-state index contributed by atoms with van der Waals surface area (Å²) in [4.78, 5) is 0. The molecule has 0 saturated carbocycles. The molecule has 0 aromatic carbocycles. The van der Waals surface area contributed by atoms with Gasteiger partial charge in [-0.3, -0.25) is 0 Å². The molecule has 0 radical (unpaired) electrons. The third kappa shape index (κ3) is 8.58. The van der Waals surface area contributed by atoms with Gasteiger partial charge in [0.05, 0.1) is 6.10 Å². The van der Waals surface area contributed by atoms with Crippen LogP contribution in [0.2, 0.25) is 0 Å². The quantitative estimate of drug-likeness (QED) is 0.608. The highest BCUT2D eigenvalue weighted by Crippen LogP contribution is 2.14. The first-order valence-electron chi connectivity index (χ1n) is 7.32. The number of hydrogen-bond acceptors (Lipinski definition) is 3. The van der Waals surface area contributed by atoms with Crippen LogP contribution in [0, 0.1) is 5.92 Å². The molecular weight excluding hydrogens is 212 g/mol. The van der Waals surface area contributed by atoms with Crippen molar-refractivity contribution in [2.75, 3.05) is 32.8 Å². The lowest BCUT2D eigenvalue weighted by atomic mass is 10.1. The lowest BCUT2D eigenvalue weighted by molar-refractivity contribution is 0.0116. The Balaban J connectivity index is 1.78. The zero-order valence-electron chi connectivity index (χ0n) is 11.6. The fourth-order valence-electron chi connectivity index (χ4n) is 2.15. The van der Waals surface area contributed by atoms with Crippen molar-refractivity contribution in [3.8, 4) is 0 Å². The second kappa shape index (κ2) is 9.86. The lowest BCUT2D eigenvalue weighted by Gasteiger charge is -2.22. The largest absolute Gasteiger partial charge is 0.378 e. The van der Waals surface area contributed by atoms with Crippen LogP contribution in [0.4, 0.5) is 0 Å². The summed E-state index contributed by atoms with van der Waals surface area (Å²) >= 11 is 0. The Morgan fingerprint density at radius 3 is 2.65 bits per heavy atom. The molecule has 1 aliphatic rings. The minimum absolute atomic E-state index is 0.523. The van der Waals surface area contributed by atoms with Gasteiger partial charge in [-0.2, -0.15) is 0 Å². The molecule has 1 aliphatic heterocycles. The molecule has 0 amide bonds. The van der Waals surface area contributed by atoms with E-state index in [1.165, 1.54) is 32.1 Å². The van der Waals surface area contributed by atoms with Crippen molar-refractivity contribution < 1.29 is 4.74 Å². The van der Waals surface area contributed by atoms with Crippen LogP contribution in [0.25, 0.3) is 0 Å². The Bertz CT molecular complexity index is 168. The number of nitrogens with one attached hydrogen (secondary N) is 2. The molecule has 1 heterocycles. The highest BCUT2D eigenvalue weighted by Gasteiger charge is 2.12. The monoisotopic (exact) mass is 242 g/mol. The first-order chi connectivity index (χ1) is 8.29. The molecular formula is C14H30N2O. The fourth-order valence-corrected chi connectivity index (χ4v) is 2.15. The van der Waals surface area contributed by atoms with Gasteiger partial charge in [0.25, 0.3) is 0 Å². The normalized spacial score (nSPS) is 21.0. The first-order valence-corrected chi connectivity index (χ1v) is 7.32. The minimum atomic E-state index is 0.523. The average Bonchev–Trinajstić information content (AvgIpc) is 2.33. The van der Waals surface area contributed by atoms with Crippen LogP contribution in [-0.4, -0.2) is 38.9 Å². The van der Waals surface area contributed by atoms with Gasteiger partial charge in [-0.05, 0) is 64.2 Å². The van der Waals surface area contributed by atoms with Crippen molar-refractivity contribution in [2.24, 2.45) is 5.92 Å². The van der Waals surface area contributed by atoms with Crippen molar-refractivity contribution in [3.05, 3.63) is 0 Å². The van der Waals surface area contributed by atoms with Crippen LogP contribution in [0.15, 0.2) is 0 Å². The predicted molar refractivity (Wildman–Crippen MR) is 73.4 cm³/mol. The average molecular weight is 242 g/mol. The van der Waals surface area contributed by atoms with Gasteiger partial charge >= 0.3 is 0 Å².